The smallest absolute Gasteiger partial charge is 0.310 e. The molecule has 8 heteroatoms. The third-order valence-corrected chi connectivity index (χ3v) is 10.7. The number of unbranched alkanes of at least 4 members (excludes halogenated alkanes) is 1. The molecule has 208 valence electrons. The molecule has 2 amide bonds. The summed E-state index contributed by atoms with van der Waals surface area (Å²) in [5.74, 6) is -1.77. The molecular formula is C29H46N2O5S. The zero-order valence-corrected chi connectivity index (χ0v) is 23.9. The monoisotopic (exact) mass is 534 g/mol. The largest absolute Gasteiger partial charge is 0.465 e. The highest BCUT2D eigenvalue weighted by molar-refractivity contribution is 8.02. The highest BCUT2D eigenvalue weighted by Crippen LogP contribution is 2.67. The zero-order chi connectivity index (χ0) is 27.3. The van der Waals surface area contributed by atoms with Crippen molar-refractivity contribution in [2.24, 2.45) is 17.8 Å². The van der Waals surface area contributed by atoms with Crippen molar-refractivity contribution in [1.29, 1.82) is 0 Å². The predicted octanol–water partition coefficient (Wildman–Crippen LogP) is 4.20. The fourth-order valence-corrected chi connectivity index (χ4v) is 8.85. The first-order valence-electron chi connectivity index (χ1n) is 14.0. The number of rotatable bonds is 15. The fourth-order valence-electron chi connectivity index (χ4n) is 6.66. The summed E-state index contributed by atoms with van der Waals surface area (Å²) in [7, 11) is 0. The van der Waals surface area contributed by atoms with Gasteiger partial charge in [-0.05, 0) is 44.9 Å². The van der Waals surface area contributed by atoms with E-state index in [1.54, 1.807) is 28.8 Å². The molecule has 2 bridgehead atoms. The third kappa shape index (κ3) is 5.38. The van der Waals surface area contributed by atoms with Crippen LogP contribution in [0.5, 0.6) is 0 Å². The summed E-state index contributed by atoms with van der Waals surface area (Å²) < 4.78 is 4.96. The summed E-state index contributed by atoms with van der Waals surface area (Å²) in [5, 5.41) is 10.4. The normalized spacial score (nSPS) is 30.5. The molecule has 1 spiro atoms. The van der Waals surface area contributed by atoms with Gasteiger partial charge in [-0.3, -0.25) is 14.4 Å². The van der Waals surface area contributed by atoms with Crippen LogP contribution >= 0.6 is 11.8 Å². The molecule has 3 saturated heterocycles. The van der Waals surface area contributed by atoms with Crippen LogP contribution in [-0.4, -0.2) is 80.6 Å². The van der Waals surface area contributed by atoms with Crippen molar-refractivity contribution >= 4 is 29.5 Å². The SMILES string of the molecule is C=CCCCOC(=O)[C@@H]1[C@@H]2CCC3(S2)C(C(=O)N(CC=C)C(C)CCC)N([C@@H](CO)[C@@H](C)CC)C(=O)[C@H]13. The number of likely N-dealkylation sites (tertiary alicyclic amines) is 1. The van der Waals surface area contributed by atoms with Crippen molar-refractivity contribution in [1.82, 2.24) is 9.80 Å². The number of allylic oxidation sites excluding steroid dienone is 1. The Morgan fingerprint density at radius 3 is 2.62 bits per heavy atom. The Kier molecular flexibility index (Phi) is 10.3. The first-order valence-corrected chi connectivity index (χ1v) is 14.9. The molecule has 0 aromatic carbocycles. The molecule has 3 unspecified atom stereocenters. The summed E-state index contributed by atoms with van der Waals surface area (Å²) >= 11 is 1.65. The number of hydrogen-bond acceptors (Lipinski definition) is 6. The number of esters is 1. The van der Waals surface area contributed by atoms with Gasteiger partial charge in [0.1, 0.15) is 6.04 Å². The van der Waals surface area contributed by atoms with Gasteiger partial charge in [0.05, 0.1) is 35.8 Å². The summed E-state index contributed by atoms with van der Waals surface area (Å²) in [5.41, 5.74) is 0. The molecule has 3 aliphatic rings. The van der Waals surface area contributed by atoms with Crippen LogP contribution in [0.1, 0.15) is 72.6 Å². The number of aliphatic hydroxyl groups is 1. The minimum Gasteiger partial charge on any atom is -0.465 e. The number of nitrogens with zero attached hydrogens (tertiary/aromatic N) is 2. The van der Waals surface area contributed by atoms with Crippen LogP contribution in [-0.2, 0) is 19.1 Å². The minimum atomic E-state index is -0.719. The molecule has 0 aromatic rings. The molecular weight excluding hydrogens is 488 g/mol. The Labute approximate surface area is 227 Å². The first kappa shape index (κ1) is 29.8. The van der Waals surface area contributed by atoms with E-state index in [1.165, 1.54) is 0 Å². The lowest BCUT2D eigenvalue weighted by atomic mass is 9.71. The van der Waals surface area contributed by atoms with Crippen LogP contribution in [0.15, 0.2) is 25.3 Å². The molecule has 0 aliphatic carbocycles. The molecule has 0 saturated carbocycles. The highest BCUT2D eigenvalue weighted by atomic mass is 32.2. The van der Waals surface area contributed by atoms with Gasteiger partial charge in [0.25, 0.3) is 0 Å². The van der Waals surface area contributed by atoms with Crippen LogP contribution in [0.3, 0.4) is 0 Å². The second kappa shape index (κ2) is 12.8. The van der Waals surface area contributed by atoms with E-state index in [1.807, 2.05) is 25.7 Å². The Balaban J connectivity index is 2.04. The number of aliphatic hydroxyl groups excluding tert-OH is 1. The molecule has 37 heavy (non-hydrogen) atoms. The molecule has 3 fully saturated rings. The van der Waals surface area contributed by atoms with E-state index < -0.39 is 28.7 Å². The van der Waals surface area contributed by atoms with E-state index in [-0.39, 0.29) is 41.6 Å². The van der Waals surface area contributed by atoms with Crippen LogP contribution in [0, 0.1) is 17.8 Å². The number of carbonyl (C=O) groups is 3. The lowest BCUT2D eigenvalue weighted by Crippen LogP contribution is -2.59. The summed E-state index contributed by atoms with van der Waals surface area (Å²) in [4.78, 5) is 45.6. The molecule has 3 rings (SSSR count). The standard InChI is InChI=1S/C29H46N2O5S/c1-7-11-12-17-36-28(35)23-22-14-15-29(37-22)24(23)26(33)31(21(18-32)19(5)10-4)25(29)27(34)30(16-9-3)20(6)13-8-2/h7,9,19-25,32H,1,3,8,10-18H2,2,4-6H3/t19-,20?,21-,22-,23+,24-,25?,29?/m0/s1. The van der Waals surface area contributed by atoms with Crippen LogP contribution in [0.25, 0.3) is 0 Å². The van der Waals surface area contributed by atoms with Crippen molar-refractivity contribution in [2.45, 2.75) is 101 Å². The Morgan fingerprint density at radius 2 is 2.03 bits per heavy atom. The molecule has 0 radical (unpaired) electrons. The van der Waals surface area contributed by atoms with E-state index >= 15 is 0 Å². The van der Waals surface area contributed by atoms with Gasteiger partial charge in [0.15, 0.2) is 0 Å². The molecule has 3 aliphatic heterocycles. The lowest BCUT2D eigenvalue weighted by molar-refractivity contribution is -0.155. The van der Waals surface area contributed by atoms with Gasteiger partial charge in [0.2, 0.25) is 11.8 Å². The van der Waals surface area contributed by atoms with Gasteiger partial charge in [0, 0.05) is 17.8 Å². The molecule has 1 N–H and O–H groups in total. The maximum absolute atomic E-state index is 14.4. The first-order chi connectivity index (χ1) is 17.7. The van der Waals surface area contributed by atoms with Crippen molar-refractivity contribution in [3.05, 3.63) is 25.3 Å². The van der Waals surface area contributed by atoms with E-state index in [4.69, 9.17) is 4.74 Å². The minimum absolute atomic E-state index is 0.00620. The second-order valence-electron chi connectivity index (χ2n) is 11.0. The quantitative estimate of drug-likeness (QED) is 0.193. The summed E-state index contributed by atoms with van der Waals surface area (Å²) in [6.45, 7) is 16.3. The van der Waals surface area contributed by atoms with E-state index in [9.17, 15) is 19.5 Å². The Morgan fingerprint density at radius 1 is 1.30 bits per heavy atom. The molecule has 7 nitrogen and oxygen atoms in total. The number of carbonyl (C=O) groups excluding carboxylic acids is 3. The molecule has 8 atom stereocenters. The van der Waals surface area contributed by atoms with E-state index in [2.05, 4.69) is 20.1 Å². The molecule has 0 aromatic heterocycles. The number of hydrogen-bond donors (Lipinski definition) is 1. The Hall–Kier alpha value is -1.80. The average molecular weight is 535 g/mol. The Bertz CT molecular complexity index is 865. The van der Waals surface area contributed by atoms with Crippen LogP contribution < -0.4 is 0 Å². The maximum Gasteiger partial charge on any atom is 0.310 e. The van der Waals surface area contributed by atoms with Crippen molar-refractivity contribution in [3.63, 3.8) is 0 Å². The van der Waals surface area contributed by atoms with Gasteiger partial charge in [-0.2, -0.15) is 0 Å². The van der Waals surface area contributed by atoms with Gasteiger partial charge in [-0.1, -0.05) is 45.8 Å². The van der Waals surface area contributed by atoms with E-state index in [0.29, 0.717) is 26.0 Å². The van der Waals surface area contributed by atoms with Gasteiger partial charge in [-0.15, -0.1) is 24.9 Å². The van der Waals surface area contributed by atoms with E-state index in [0.717, 1.165) is 32.1 Å². The van der Waals surface area contributed by atoms with Crippen molar-refractivity contribution in [2.75, 3.05) is 19.8 Å². The second-order valence-corrected chi connectivity index (χ2v) is 12.6. The van der Waals surface area contributed by atoms with Crippen molar-refractivity contribution in [3.8, 4) is 0 Å². The molecule has 3 heterocycles. The number of fused-ring (bicyclic) bond motifs is 1. The van der Waals surface area contributed by atoms with Crippen molar-refractivity contribution < 1.29 is 24.2 Å². The maximum atomic E-state index is 14.4. The van der Waals surface area contributed by atoms with Gasteiger partial charge in [-0.25, -0.2) is 0 Å². The fraction of sp³-hybridized carbons (Fsp3) is 0.759. The van der Waals surface area contributed by atoms with Gasteiger partial charge < -0.3 is 19.6 Å². The summed E-state index contributed by atoms with van der Waals surface area (Å²) in [6, 6.07) is -1.21. The van der Waals surface area contributed by atoms with Gasteiger partial charge >= 0.3 is 5.97 Å². The topological polar surface area (TPSA) is 87.2 Å². The summed E-state index contributed by atoms with van der Waals surface area (Å²) in [6.07, 6.45) is 9.02. The van der Waals surface area contributed by atoms with Crippen LogP contribution in [0.4, 0.5) is 0 Å². The van der Waals surface area contributed by atoms with Crippen LogP contribution in [0.2, 0.25) is 0 Å². The number of ether oxygens (including phenoxy) is 1. The number of thioether (sulfide) groups is 1. The number of amides is 2. The average Bonchev–Trinajstić information content (AvgIpc) is 3.53. The highest BCUT2D eigenvalue weighted by Gasteiger charge is 2.75. The lowest BCUT2D eigenvalue weighted by Gasteiger charge is -2.42. The predicted molar refractivity (Wildman–Crippen MR) is 148 cm³/mol. The third-order valence-electron chi connectivity index (χ3n) is 8.73. The zero-order valence-electron chi connectivity index (χ0n) is 23.1.